The van der Waals surface area contributed by atoms with Crippen molar-refractivity contribution in [3.05, 3.63) is 126 Å². The number of aromatic amines is 2. The number of rotatable bonds is 13. The second-order valence-electron chi connectivity index (χ2n) is 18.0. The standard InChI is InChI=1S/C49H54FN9O4/c50-36-27-35(38-29-52-45(54-38)41-14-8-24-59(41)49(63)43(32-11-5-2-6-12-32)56-47(61)34-17-18-34)19-20-39(36)57-25-21-30(22-26-57)37-28-51-44(53-37)40-13-7-23-58(40)48(62)42(31-9-3-1-4-10-31)55-46(60)33-15-16-33/h1-6,9-12,19-20,27-30,33-34,40-43H,7-8,13-18,21-26H2,(H,51,53)(H,52,54)(H,55,60)(H,56,61). The molecule has 3 saturated heterocycles. The first-order chi connectivity index (χ1) is 30.8. The number of H-pyrrole nitrogens is 2. The fourth-order valence-corrected chi connectivity index (χ4v) is 9.78. The third-order valence-corrected chi connectivity index (χ3v) is 13.7. The molecule has 13 nitrogen and oxygen atoms in total. The molecule has 5 fully saturated rings. The van der Waals surface area contributed by atoms with Gasteiger partial charge in [0, 0.05) is 61.4 Å². The number of carbonyl (C=O) groups excluding carboxylic acids is 4. The number of hydrogen-bond donors (Lipinski definition) is 4. The zero-order valence-corrected chi connectivity index (χ0v) is 35.3. The molecule has 326 valence electrons. The van der Waals surface area contributed by atoms with Gasteiger partial charge in [-0.3, -0.25) is 19.2 Å². The molecule has 0 bridgehead atoms. The zero-order chi connectivity index (χ0) is 43.0. The normalized spacial score (nSPS) is 21.3. The molecule has 3 aromatic carbocycles. The molecule has 10 rings (SSSR count). The van der Waals surface area contributed by atoms with Gasteiger partial charge >= 0.3 is 0 Å². The lowest BCUT2D eigenvalue weighted by Gasteiger charge is -2.33. The smallest absolute Gasteiger partial charge is 0.250 e. The van der Waals surface area contributed by atoms with Crippen molar-refractivity contribution >= 4 is 29.3 Å². The highest BCUT2D eigenvalue weighted by Gasteiger charge is 2.41. The predicted molar refractivity (Wildman–Crippen MR) is 234 cm³/mol. The molecule has 63 heavy (non-hydrogen) atoms. The molecule has 2 saturated carbocycles. The highest BCUT2D eigenvalue weighted by molar-refractivity contribution is 5.91. The van der Waals surface area contributed by atoms with E-state index in [0.717, 1.165) is 86.9 Å². The van der Waals surface area contributed by atoms with Gasteiger partial charge in [0.2, 0.25) is 23.6 Å². The largest absolute Gasteiger partial charge is 0.369 e. The van der Waals surface area contributed by atoms with Crippen LogP contribution in [-0.2, 0) is 19.2 Å². The first-order valence-electron chi connectivity index (χ1n) is 22.7. The van der Waals surface area contributed by atoms with Crippen LogP contribution in [0.25, 0.3) is 11.3 Å². The average Bonchev–Trinajstić information content (AvgIpc) is 4.07. The van der Waals surface area contributed by atoms with Gasteiger partial charge in [0.15, 0.2) is 0 Å². The maximum atomic E-state index is 16.0. The fourth-order valence-electron chi connectivity index (χ4n) is 9.78. The van der Waals surface area contributed by atoms with Crippen molar-refractivity contribution in [3.8, 4) is 11.3 Å². The number of benzene rings is 3. The summed E-state index contributed by atoms with van der Waals surface area (Å²) in [5.41, 5.74) is 4.45. The van der Waals surface area contributed by atoms with Crippen molar-refractivity contribution in [3.63, 3.8) is 0 Å². The summed E-state index contributed by atoms with van der Waals surface area (Å²) in [5, 5.41) is 6.07. The molecule has 5 aliphatic rings. The van der Waals surface area contributed by atoms with Gasteiger partial charge in [-0.25, -0.2) is 14.4 Å². The van der Waals surface area contributed by atoms with Crippen LogP contribution in [0.2, 0.25) is 0 Å². The molecular formula is C49H54FN9O4. The Morgan fingerprint density at radius 1 is 0.619 bits per heavy atom. The van der Waals surface area contributed by atoms with Gasteiger partial charge < -0.3 is 35.3 Å². The predicted octanol–water partition coefficient (Wildman–Crippen LogP) is 7.18. The first-order valence-corrected chi connectivity index (χ1v) is 22.7. The Kier molecular flexibility index (Phi) is 11.3. The Labute approximate surface area is 366 Å². The van der Waals surface area contributed by atoms with E-state index in [9.17, 15) is 19.2 Å². The maximum Gasteiger partial charge on any atom is 0.250 e. The quantitative estimate of drug-likeness (QED) is 0.0977. The molecule has 0 spiro atoms. The minimum absolute atomic E-state index is 0.00690. The summed E-state index contributed by atoms with van der Waals surface area (Å²) < 4.78 is 16.0. The van der Waals surface area contributed by atoms with E-state index in [4.69, 9.17) is 4.98 Å². The SMILES string of the molecule is O=C(NC(C(=O)N1CCCC1c1ncc(-c2ccc(N3CCC(c4cnc(C5CCCN5C(=O)C(NC(=O)C5CC5)c5ccccc5)[nH]4)CC3)c(F)c2)[nH]1)c1ccccc1)C1CC1. The first kappa shape index (κ1) is 40.7. The zero-order valence-electron chi connectivity index (χ0n) is 35.3. The molecule has 14 heteroatoms. The van der Waals surface area contributed by atoms with Gasteiger partial charge in [0.1, 0.15) is 29.5 Å². The summed E-state index contributed by atoms with van der Waals surface area (Å²) in [6.07, 6.45) is 11.8. The third-order valence-electron chi connectivity index (χ3n) is 13.7. The molecule has 5 heterocycles. The lowest BCUT2D eigenvalue weighted by atomic mass is 9.93. The van der Waals surface area contributed by atoms with Gasteiger partial charge in [-0.15, -0.1) is 0 Å². The van der Waals surface area contributed by atoms with Crippen molar-refractivity contribution in [2.24, 2.45) is 11.8 Å². The van der Waals surface area contributed by atoms with Crippen LogP contribution in [0, 0.1) is 17.7 Å². The second-order valence-corrected chi connectivity index (χ2v) is 18.0. The lowest BCUT2D eigenvalue weighted by molar-refractivity contribution is -0.138. The van der Waals surface area contributed by atoms with E-state index in [1.807, 2.05) is 88.8 Å². The molecule has 5 aromatic rings. The number of imidazole rings is 2. The van der Waals surface area contributed by atoms with Crippen LogP contribution in [0.5, 0.6) is 0 Å². The number of carbonyl (C=O) groups is 4. The number of nitrogens with zero attached hydrogens (tertiary/aromatic N) is 5. The van der Waals surface area contributed by atoms with Crippen molar-refractivity contribution in [1.82, 2.24) is 40.4 Å². The topological polar surface area (TPSA) is 159 Å². The Hall–Kier alpha value is -6.31. The van der Waals surface area contributed by atoms with Gasteiger partial charge in [0.25, 0.3) is 0 Å². The van der Waals surface area contributed by atoms with Crippen LogP contribution in [0.1, 0.15) is 123 Å². The molecule has 4 N–H and O–H groups in total. The molecule has 4 amide bonds. The number of halogens is 1. The van der Waals surface area contributed by atoms with E-state index in [0.29, 0.717) is 48.9 Å². The summed E-state index contributed by atoms with van der Waals surface area (Å²) in [7, 11) is 0. The van der Waals surface area contributed by atoms with Crippen LogP contribution >= 0.6 is 0 Å². The molecule has 4 atom stereocenters. The minimum atomic E-state index is -0.773. The summed E-state index contributed by atoms with van der Waals surface area (Å²) in [6.45, 7) is 2.51. The monoisotopic (exact) mass is 851 g/mol. The number of aromatic nitrogens is 4. The Morgan fingerprint density at radius 2 is 1.14 bits per heavy atom. The Morgan fingerprint density at radius 3 is 1.67 bits per heavy atom. The number of likely N-dealkylation sites (tertiary alicyclic amines) is 2. The van der Waals surface area contributed by atoms with E-state index >= 15 is 4.39 Å². The summed E-state index contributed by atoms with van der Waals surface area (Å²) in [6, 6.07) is 22.2. The summed E-state index contributed by atoms with van der Waals surface area (Å²) >= 11 is 0. The van der Waals surface area contributed by atoms with Crippen LogP contribution in [0.3, 0.4) is 0 Å². The average molecular weight is 852 g/mol. The van der Waals surface area contributed by atoms with Crippen LogP contribution in [-0.4, -0.2) is 79.5 Å². The van der Waals surface area contributed by atoms with Crippen molar-refractivity contribution in [1.29, 1.82) is 0 Å². The van der Waals surface area contributed by atoms with E-state index in [-0.39, 0.29) is 59.3 Å². The second kappa shape index (κ2) is 17.5. The van der Waals surface area contributed by atoms with Crippen molar-refractivity contribution < 1.29 is 23.6 Å². The maximum absolute atomic E-state index is 16.0. The Bertz CT molecular complexity index is 2460. The molecule has 0 radical (unpaired) electrons. The van der Waals surface area contributed by atoms with Crippen LogP contribution in [0.4, 0.5) is 10.1 Å². The lowest BCUT2D eigenvalue weighted by Crippen LogP contribution is -2.43. The van der Waals surface area contributed by atoms with Gasteiger partial charge in [-0.05, 0) is 87.5 Å². The summed E-state index contributed by atoms with van der Waals surface area (Å²) in [4.78, 5) is 76.1. The molecule has 4 unspecified atom stereocenters. The van der Waals surface area contributed by atoms with Crippen molar-refractivity contribution in [2.75, 3.05) is 31.1 Å². The van der Waals surface area contributed by atoms with Crippen molar-refractivity contribution in [2.45, 2.75) is 94.3 Å². The van der Waals surface area contributed by atoms with Gasteiger partial charge in [-0.1, -0.05) is 66.7 Å². The van der Waals surface area contributed by atoms with Gasteiger partial charge in [0.05, 0.1) is 29.7 Å². The number of nitrogens with one attached hydrogen (secondary N) is 4. The molecule has 2 aromatic heterocycles. The number of amides is 4. The van der Waals surface area contributed by atoms with Crippen LogP contribution < -0.4 is 15.5 Å². The molecule has 2 aliphatic carbocycles. The third kappa shape index (κ3) is 8.59. The highest BCUT2D eigenvalue weighted by Crippen LogP contribution is 2.39. The minimum Gasteiger partial charge on any atom is -0.369 e. The Balaban J connectivity index is 0.770. The van der Waals surface area contributed by atoms with E-state index in [2.05, 4.69) is 30.5 Å². The number of piperidine rings is 1. The summed E-state index contributed by atoms with van der Waals surface area (Å²) in [5.74, 6) is 0.880. The van der Waals surface area contributed by atoms with Crippen LogP contribution in [0.15, 0.2) is 91.3 Å². The van der Waals surface area contributed by atoms with E-state index in [1.54, 1.807) is 12.3 Å². The van der Waals surface area contributed by atoms with Gasteiger partial charge in [-0.2, -0.15) is 0 Å². The highest BCUT2D eigenvalue weighted by atomic mass is 19.1. The molecule has 3 aliphatic heterocycles. The number of hydrogen-bond acceptors (Lipinski definition) is 7. The van der Waals surface area contributed by atoms with E-state index < -0.39 is 12.1 Å². The number of anilines is 1. The molecular weight excluding hydrogens is 798 g/mol. The van der Waals surface area contributed by atoms with E-state index in [1.165, 1.54) is 0 Å². The fraction of sp³-hybridized carbons (Fsp3) is 0.429.